The number of hydrogen-bond donors (Lipinski definition) is 1. The molecule has 0 radical (unpaired) electrons. The van der Waals surface area contributed by atoms with Gasteiger partial charge in [0.1, 0.15) is 18.2 Å². The number of halogens is 2. The first-order valence-electron chi connectivity index (χ1n) is 3.73. The van der Waals surface area contributed by atoms with Crippen molar-refractivity contribution in [1.29, 1.82) is 0 Å². The molecule has 1 aromatic rings. The van der Waals surface area contributed by atoms with Crippen LogP contribution in [-0.4, -0.2) is 18.0 Å². The predicted molar refractivity (Wildman–Crippen MR) is 44.9 cm³/mol. The lowest BCUT2D eigenvalue weighted by Crippen LogP contribution is -2.08. The van der Waals surface area contributed by atoms with Crippen molar-refractivity contribution in [1.82, 2.24) is 4.98 Å². The zero-order chi connectivity index (χ0) is 9.84. The summed E-state index contributed by atoms with van der Waals surface area (Å²) in [4.78, 5) is 3.86. The molecule has 1 heterocycles. The monoisotopic (exact) mass is 188 g/mol. The Bertz CT molecular complexity index is 291. The zero-order valence-corrected chi connectivity index (χ0v) is 7.13. The van der Waals surface area contributed by atoms with E-state index < -0.39 is 13.0 Å². The Labute approximate surface area is 74.5 Å². The van der Waals surface area contributed by atoms with Gasteiger partial charge >= 0.3 is 0 Å². The van der Waals surface area contributed by atoms with Crippen molar-refractivity contribution in [3.8, 4) is 5.75 Å². The summed E-state index contributed by atoms with van der Waals surface area (Å²) in [5.74, 6) is 0.691. The number of rotatable bonds is 3. The first-order chi connectivity index (χ1) is 6.09. The van der Waals surface area contributed by atoms with Gasteiger partial charge in [-0.05, 0) is 19.1 Å². The van der Waals surface area contributed by atoms with Crippen LogP contribution in [0.15, 0.2) is 12.1 Å². The van der Waals surface area contributed by atoms with Crippen LogP contribution in [0.5, 0.6) is 5.75 Å². The molecule has 0 fully saturated rings. The minimum atomic E-state index is -2.48. The molecule has 0 amide bonds. The van der Waals surface area contributed by atoms with E-state index in [1.165, 1.54) is 12.1 Å². The average Bonchev–Trinajstić information content (AvgIpc) is 2.02. The van der Waals surface area contributed by atoms with Crippen LogP contribution in [-0.2, 0) is 0 Å². The van der Waals surface area contributed by atoms with Crippen LogP contribution >= 0.6 is 0 Å². The zero-order valence-electron chi connectivity index (χ0n) is 7.13. The van der Waals surface area contributed by atoms with Gasteiger partial charge in [0.05, 0.1) is 5.69 Å². The van der Waals surface area contributed by atoms with E-state index in [1.54, 1.807) is 6.92 Å². The second kappa shape index (κ2) is 4.02. The molecule has 0 atom stereocenters. The quantitative estimate of drug-likeness (QED) is 0.784. The highest BCUT2D eigenvalue weighted by Gasteiger charge is 2.06. The average molecular weight is 188 g/mol. The van der Waals surface area contributed by atoms with Crippen LogP contribution in [0.2, 0.25) is 0 Å². The highest BCUT2D eigenvalue weighted by Crippen LogP contribution is 2.17. The molecule has 0 aliphatic carbocycles. The third-order valence-corrected chi connectivity index (χ3v) is 1.42. The molecule has 3 nitrogen and oxygen atoms in total. The summed E-state index contributed by atoms with van der Waals surface area (Å²) in [6.07, 6.45) is -2.48. The van der Waals surface area contributed by atoms with E-state index in [9.17, 15) is 8.78 Å². The van der Waals surface area contributed by atoms with E-state index in [-0.39, 0.29) is 0 Å². The fourth-order valence-corrected chi connectivity index (χ4v) is 0.873. The normalized spacial score (nSPS) is 10.5. The van der Waals surface area contributed by atoms with Crippen molar-refractivity contribution in [3.63, 3.8) is 0 Å². The summed E-state index contributed by atoms with van der Waals surface area (Å²) in [7, 11) is 0. The van der Waals surface area contributed by atoms with Crippen molar-refractivity contribution >= 4 is 5.82 Å². The van der Waals surface area contributed by atoms with E-state index in [2.05, 4.69) is 4.98 Å². The van der Waals surface area contributed by atoms with Gasteiger partial charge in [-0.1, -0.05) is 0 Å². The predicted octanol–water partition coefficient (Wildman–Crippen LogP) is 1.62. The molecule has 0 saturated heterocycles. The van der Waals surface area contributed by atoms with E-state index in [0.717, 1.165) is 0 Å². The van der Waals surface area contributed by atoms with E-state index in [4.69, 9.17) is 10.5 Å². The number of anilines is 1. The van der Waals surface area contributed by atoms with Crippen molar-refractivity contribution in [3.05, 3.63) is 17.8 Å². The third kappa shape index (κ3) is 2.85. The number of aromatic nitrogens is 1. The van der Waals surface area contributed by atoms with E-state index >= 15 is 0 Å². The van der Waals surface area contributed by atoms with Crippen molar-refractivity contribution in [2.75, 3.05) is 12.3 Å². The fraction of sp³-hybridized carbons (Fsp3) is 0.375. The number of alkyl halides is 2. The number of hydrogen-bond acceptors (Lipinski definition) is 3. The number of nitrogens with zero attached hydrogens (tertiary/aromatic N) is 1. The van der Waals surface area contributed by atoms with Gasteiger partial charge in [0.25, 0.3) is 6.43 Å². The van der Waals surface area contributed by atoms with E-state index in [0.29, 0.717) is 17.3 Å². The molecule has 1 rings (SSSR count). The summed E-state index contributed by atoms with van der Waals surface area (Å²) >= 11 is 0. The lowest BCUT2D eigenvalue weighted by atomic mass is 10.3. The van der Waals surface area contributed by atoms with Crippen LogP contribution in [0.1, 0.15) is 5.69 Å². The van der Waals surface area contributed by atoms with Crippen molar-refractivity contribution < 1.29 is 13.5 Å². The summed E-state index contributed by atoms with van der Waals surface area (Å²) < 4.78 is 28.3. The van der Waals surface area contributed by atoms with Crippen LogP contribution in [0.4, 0.5) is 14.6 Å². The Hall–Kier alpha value is -1.39. The maximum atomic E-state index is 11.8. The van der Waals surface area contributed by atoms with Crippen molar-refractivity contribution in [2.45, 2.75) is 13.3 Å². The molecular weight excluding hydrogens is 178 g/mol. The van der Waals surface area contributed by atoms with Crippen LogP contribution in [0, 0.1) is 6.92 Å². The van der Waals surface area contributed by atoms with Gasteiger partial charge in [0.2, 0.25) is 0 Å². The van der Waals surface area contributed by atoms with Crippen LogP contribution in [0.3, 0.4) is 0 Å². The molecule has 1 aromatic heterocycles. The summed E-state index contributed by atoms with van der Waals surface area (Å²) in [6, 6.07) is 3.04. The minimum Gasteiger partial charge on any atom is -0.486 e. The van der Waals surface area contributed by atoms with Gasteiger partial charge < -0.3 is 10.5 Å². The first-order valence-corrected chi connectivity index (χ1v) is 3.73. The Balaban J connectivity index is 2.67. The SMILES string of the molecule is Cc1nc(N)ccc1OCC(F)F. The molecule has 0 aliphatic rings. The Morgan fingerprint density at radius 3 is 2.77 bits per heavy atom. The number of pyridine rings is 1. The smallest absolute Gasteiger partial charge is 0.272 e. The molecule has 0 bridgehead atoms. The number of nitrogen functional groups attached to an aromatic ring is 1. The largest absolute Gasteiger partial charge is 0.486 e. The molecule has 0 aliphatic heterocycles. The molecule has 0 aromatic carbocycles. The van der Waals surface area contributed by atoms with Gasteiger partial charge in [-0.25, -0.2) is 13.8 Å². The topological polar surface area (TPSA) is 48.1 Å². The Morgan fingerprint density at radius 1 is 1.54 bits per heavy atom. The summed E-state index contributed by atoms with van der Waals surface area (Å²) in [5, 5.41) is 0. The third-order valence-electron chi connectivity index (χ3n) is 1.42. The number of ether oxygens (including phenoxy) is 1. The molecule has 0 spiro atoms. The van der Waals surface area contributed by atoms with Crippen LogP contribution < -0.4 is 10.5 Å². The maximum absolute atomic E-state index is 11.8. The Kier molecular flexibility index (Phi) is 3.00. The number of nitrogens with two attached hydrogens (primary N) is 1. The summed E-state index contributed by atoms with van der Waals surface area (Å²) in [6.45, 7) is 1.03. The molecule has 5 heteroatoms. The second-order valence-corrected chi connectivity index (χ2v) is 2.52. The second-order valence-electron chi connectivity index (χ2n) is 2.52. The van der Waals surface area contributed by atoms with Gasteiger partial charge in [0, 0.05) is 0 Å². The van der Waals surface area contributed by atoms with E-state index in [1.807, 2.05) is 0 Å². The first kappa shape index (κ1) is 9.70. The lowest BCUT2D eigenvalue weighted by molar-refractivity contribution is 0.0814. The minimum absolute atomic E-state index is 0.342. The molecule has 13 heavy (non-hydrogen) atoms. The fourth-order valence-electron chi connectivity index (χ4n) is 0.873. The van der Waals surface area contributed by atoms with Gasteiger partial charge in [-0.15, -0.1) is 0 Å². The molecule has 2 N–H and O–H groups in total. The van der Waals surface area contributed by atoms with Crippen LogP contribution in [0.25, 0.3) is 0 Å². The maximum Gasteiger partial charge on any atom is 0.272 e. The Morgan fingerprint density at radius 2 is 2.23 bits per heavy atom. The van der Waals surface area contributed by atoms with Gasteiger partial charge in [-0.3, -0.25) is 0 Å². The van der Waals surface area contributed by atoms with Gasteiger partial charge in [0.15, 0.2) is 0 Å². The van der Waals surface area contributed by atoms with Crippen molar-refractivity contribution in [2.24, 2.45) is 0 Å². The van der Waals surface area contributed by atoms with Gasteiger partial charge in [-0.2, -0.15) is 0 Å². The lowest BCUT2D eigenvalue weighted by Gasteiger charge is -2.07. The summed E-state index contributed by atoms with van der Waals surface area (Å²) in [5.41, 5.74) is 5.88. The highest BCUT2D eigenvalue weighted by molar-refractivity contribution is 5.37. The standard InChI is InChI=1S/C8H10F2N2O/c1-5-6(13-4-7(9)10)2-3-8(11)12-5/h2-3,7H,4H2,1H3,(H2,11,12). The molecule has 0 unspecified atom stereocenters. The number of aryl methyl sites for hydroxylation is 1. The molecule has 72 valence electrons. The highest BCUT2D eigenvalue weighted by atomic mass is 19.3. The molecular formula is C8H10F2N2O. The molecule has 0 saturated carbocycles.